The average molecular weight is 219 g/mol. The van der Waals surface area contributed by atoms with Gasteiger partial charge in [-0.25, -0.2) is 9.97 Å². The lowest BCUT2D eigenvalue weighted by atomic mass is 10.4. The second-order valence-electron chi connectivity index (χ2n) is 3.33. The zero-order valence-electron chi connectivity index (χ0n) is 8.96. The van der Waals surface area contributed by atoms with E-state index in [2.05, 4.69) is 25.5 Å². The third kappa shape index (κ3) is 2.25. The molecule has 0 aliphatic heterocycles. The van der Waals surface area contributed by atoms with Gasteiger partial charge in [0.25, 0.3) is 0 Å². The van der Waals surface area contributed by atoms with Gasteiger partial charge in [0, 0.05) is 32.4 Å². The lowest BCUT2D eigenvalue weighted by Gasteiger charge is -2.06. The molecule has 0 amide bonds. The van der Waals surface area contributed by atoms with Gasteiger partial charge < -0.3 is 15.6 Å². The number of aryl methyl sites for hydroxylation is 1. The van der Waals surface area contributed by atoms with E-state index in [1.54, 1.807) is 18.7 Å². The number of nitrogens with one attached hydrogen (secondary N) is 1. The quantitative estimate of drug-likeness (QED) is 0.742. The van der Waals surface area contributed by atoms with Crippen LogP contribution in [0.15, 0.2) is 18.7 Å². The van der Waals surface area contributed by atoms with Gasteiger partial charge in [0.2, 0.25) is 0 Å². The first-order valence-electron chi connectivity index (χ1n) is 4.90. The molecule has 0 aliphatic rings. The highest BCUT2D eigenvalue weighted by Crippen LogP contribution is 2.08. The molecule has 0 bridgehead atoms. The molecule has 0 unspecified atom stereocenters. The van der Waals surface area contributed by atoms with Crippen LogP contribution in [-0.4, -0.2) is 31.3 Å². The van der Waals surface area contributed by atoms with Gasteiger partial charge in [0.15, 0.2) is 11.6 Å². The minimum absolute atomic E-state index is 0.403. The van der Waals surface area contributed by atoms with Crippen LogP contribution in [0.2, 0.25) is 0 Å². The largest absolute Gasteiger partial charge is 0.381 e. The first kappa shape index (κ1) is 10.3. The minimum Gasteiger partial charge on any atom is -0.381 e. The molecule has 2 aromatic heterocycles. The summed E-state index contributed by atoms with van der Waals surface area (Å²) in [7, 11) is 1.91. The van der Waals surface area contributed by atoms with E-state index in [4.69, 9.17) is 5.73 Å². The molecule has 16 heavy (non-hydrogen) atoms. The Morgan fingerprint density at radius 3 is 2.88 bits per heavy atom. The molecule has 2 aromatic rings. The summed E-state index contributed by atoms with van der Waals surface area (Å²) < 4.78 is 1.88. The van der Waals surface area contributed by atoms with Crippen LogP contribution in [0.25, 0.3) is 0 Å². The van der Waals surface area contributed by atoms with E-state index in [9.17, 15) is 0 Å². The van der Waals surface area contributed by atoms with Gasteiger partial charge in [-0.3, -0.25) is 0 Å². The number of hydrogen-bond donors (Lipinski definition) is 2. The molecular weight excluding hydrogens is 206 g/mol. The van der Waals surface area contributed by atoms with Gasteiger partial charge in [-0.2, -0.15) is 0 Å². The summed E-state index contributed by atoms with van der Waals surface area (Å²) in [4.78, 5) is 8.01. The molecule has 7 heteroatoms. The molecule has 0 saturated heterocycles. The van der Waals surface area contributed by atoms with Crippen molar-refractivity contribution in [2.45, 2.75) is 6.42 Å². The molecule has 0 atom stereocenters. The van der Waals surface area contributed by atoms with E-state index in [-0.39, 0.29) is 0 Å². The summed E-state index contributed by atoms with van der Waals surface area (Å²) in [5, 5.41) is 10.9. The lowest BCUT2D eigenvalue weighted by Crippen LogP contribution is -2.11. The molecule has 0 radical (unpaired) electrons. The van der Waals surface area contributed by atoms with E-state index in [0.717, 1.165) is 12.2 Å². The van der Waals surface area contributed by atoms with Crippen LogP contribution in [0.3, 0.4) is 0 Å². The zero-order valence-corrected chi connectivity index (χ0v) is 8.96. The summed E-state index contributed by atoms with van der Waals surface area (Å²) >= 11 is 0. The van der Waals surface area contributed by atoms with Crippen molar-refractivity contribution in [1.82, 2.24) is 24.7 Å². The molecule has 2 heterocycles. The fourth-order valence-corrected chi connectivity index (χ4v) is 1.31. The summed E-state index contributed by atoms with van der Waals surface area (Å²) in [5.74, 6) is 1.92. The maximum atomic E-state index is 5.64. The molecule has 84 valence electrons. The summed E-state index contributed by atoms with van der Waals surface area (Å²) in [6.45, 7) is 0.690. The predicted octanol–water partition coefficient (Wildman–Crippen LogP) is -0.158. The third-order valence-corrected chi connectivity index (χ3v) is 2.17. The fraction of sp³-hybridized carbons (Fsp3) is 0.333. The van der Waals surface area contributed by atoms with Gasteiger partial charge >= 0.3 is 0 Å². The van der Waals surface area contributed by atoms with E-state index in [0.29, 0.717) is 18.2 Å². The van der Waals surface area contributed by atoms with Gasteiger partial charge in [-0.05, 0) is 0 Å². The number of rotatable bonds is 4. The second kappa shape index (κ2) is 4.56. The maximum absolute atomic E-state index is 5.64. The van der Waals surface area contributed by atoms with E-state index in [1.165, 1.54) is 0 Å². The van der Waals surface area contributed by atoms with Crippen molar-refractivity contribution in [3.8, 4) is 0 Å². The number of nitrogen functional groups attached to an aromatic ring is 1. The monoisotopic (exact) mass is 219 g/mol. The first-order valence-corrected chi connectivity index (χ1v) is 4.90. The summed E-state index contributed by atoms with van der Waals surface area (Å²) in [6.07, 6.45) is 5.59. The van der Waals surface area contributed by atoms with Crippen molar-refractivity contribution in [3.63, 3.8) is 0 Å². The molecule has 0 aliphatic carbocycles. The Hall–Kier alpha value is -2.18. The summed E-state index contributed by atoms with van der Waals surface area (Å²) in [5.41, 5.74) is 5.64. The van der Waals surface area contributed by atoms with Gasteiger partial charge in [-0.1, -0.05) is 0 Å². The maximum Gasteiger partial charge on any atom is 0.168 e. The highest BCUT2D eigenvalue weighted by molar-refractivity contribution is 5.54. The highest BCUT2D eigenvalue weighted by atomic mass is 15.2. The molecular formula is C9H13N7. The van der Waals surface area contributed by atoms with Crippen molar-refractivity contribution < 1.29 is 0 Å². The Labute approximate surface area is 92.7 Å². The first-order chi connectivity index (χ1) is 7.77. The molecule has 0 saturated carbocycles. The van der Waals surface area contributed by atoms with Crippen LogP contribution in [0.5, 0.6) is 0 Å². The normalized spacial score (nSPS) is 10.3. The van der Waals surface area contributed by atoms with E-state index in [1.807, 2.05) is 11.6 Å². The zero-order chi connectivity index (χ0) is 11.4. The van der Waals surface area contributed by atoms with Crippen molar-refractivity contribution in [1.29, 1.82) is 0 Å². The average Bonchev–Trinajstić information content (AvgIpc) is 2.67. The Morgan fingerprint density at radius 2 is 2.19 bits per heavy atom. The molecule has 3 N–H and O–H groups in total. The molecule has 0 aromatic carbocycles. The Kier molecular flexibility index (Phi) is 2.95. The minimum atomic E-state index is 0.403. The predicted molar refractivity (Wildman–Crippen MR) is 59.6 cm³/mol. The standard InChI is InChI=1S/C9H13N7/c1-16-6-14-15-7(16)2-3-12-9-8(10)11-4-5-13-9/h4-6H,2-3H2,1H3,(H2,10,11)(H,12,13). The Bertz CT molecular complexity index is 464. The number of hydrogen-bond acceptors (Lipinski definition) is 6. The Morgan fingerprint density at radius 1 is 1.38 bits per heavy atom. The fourth-order valence-electron chi connectivity index (χ4n) is 1.31. The molecule has 0 spiro atoms. The van der Waals surface area contributed by atoms with Crippen molar-refractivity contribution in [2.24, 2.45) is 7.05 Å². The number of nitrogens with zero attached hydrogens (tertiary/aromatic N) is 5. The van der Waals surface area contributed by atoms with Gasteiger partial charge in [0.1, 0.15) is 12.2 Å². The SMILES string of the molecule is Cn1cnnc1CCNc1nccnc1N. The van der Waals surface area contributed by atoms with Crippen LogP contribution in [-0.2, 0) is 13.5 Å². The van der Waals surface area contributed by atoms with E-state index >= 15 is 0 Å². The number of aromatic nitrogens is 5. The second-order valence-corrected chi connectivity index (χ2v) is 3.33. The number of anilines is 2. The van der Waals surface area contributed by atoms with Crippen molar-refractivity contribution in [2.75, 3.05) is 17.6 Å². The molecule has 2 rings (SSSR count). The van der Waals surface area contributed by atoms with Crippen LogP contribution in [0.4, 0.5) is 11.6 Å². The molecule has 7 nitrogen and oxygen atoms in total. The topological polar surface area (TPSA) is 94.5 Å². The third-order valence-electron chi connectivity index (χ3n) is 2.17. The van der Waals surface area contributed by atoms with E-state index < -0.39 is 0 Å². The van der Waals surface area contributed by atoms with Gasteiger partial charge in [-0.15, -0.1) is 10.2 Å². The number of nitrogens with two attached hydrogens (primary N) is 1. The molecule has 0 fully saturated rings. The van der Waals surface area contributed by atoms with Crippen LogP contribution < -0.4 is 11.1 Å². The van der Waals surface area contributed by atoms with Crippen molar-refractivity contribution in [3.05, 3.63) is 24.5 Å². The van der Waals surface area contributed by atoms with Gasteiger partial charge in [0.05, 0.1) is 0 Å². The lowest BCUT2D eigenvalue weighted by molar-refractivity contribution is 0.787. The smallest absolute Gasteiger partial charge is 0.168 e. The van der Waals surface area contributed by atoms with Crippen LogP contribution in [0.1, 0.15) is 5.82 Å². The van der Waals surface area contributed by atoms with Crippen LogP contribution in [0, 0.1) is 0 Å². The summed E-state index contributed by atoms with van der Waals surface area (Å²) in [6, 6.07) is 0. The van der Waals surface area contributed by atoms with Crippen LogP contribution >= 0.6 is 0 Å². The van der Waals surface area contributed by atoms with Crippen molar-refractivity contribution >= 4 is 11.6 Å². The Balaban J connectivity index is 1.89. The highest BCUT2D eigenvalue weighted by Gasteiger charge is 2.02.